The summed E-state index contributed by atoms with van der Waals surface area (Å²) in [7, 11) is 2.08. The molecular weight excluding hydrogens is 238 g/mol. The van der Waals surface area contributed by atoms with E-state index in [0.717, 1.165) is 32.6 Å². The van der Waals surface area contributed by atoms with Gasteiger partial charge < -0.3 is 15.5 Å². The van der Waals surface area contributed by atoms with Gasteiger partial charge in [0.1, 0.15) is 0 Å². The maximum Gasteiger partial charge on any atom is 0.220 e. The van der Waals surface area contributed by atoms with Crippen molar-refractivity contribution in [1.82, 2.24) is 10.6 Å². The van der Waals surface area contributed by atoms with Crippen molar-refractivity contribution < 1.29 is 4.79 Å². The normalized spacial score (nSPS) is 14.8. The first-order valence-electron chi connectivity index (χ1n) is 6.99. The molecule has 19 heavy (non-hydrogen) atoms. The lowest BCUT2D eigenvalue weighted by Gasteiger charge is -2.26. The van der Waals surface area contributed by atoms with Crippen molar-refractivity contribution in [3.8, 4) is 0 Å². The molecule has 2 N–H and O–H groups in total. The topological polar surface area (TPSA) is 44.4 Å². The average molecular weight is 261 g/mol. The van der Waals surface area contributed by atoms with Crippen molar-refractivity contribution in [1.29, 1.82) is 0 Å². The van der Waals surface area contributed by atoms with Gasteiger partial charge in [0, 0.05) is 32.2 Å². The second kappa shape index (κ2) is 7.14. The summed E-state index contributed by atoms with van der Waals surface area (Å²) in [6.45, 7) is 3.69. The zero-order chi connectivity index (χ0) is 13.5. The van der Waals surface area contributed by atoms with E-state index < -0.39 is 0 Å². The maximum atomic E-state index is 11.6. The molecule has 1 fully saturated rings. The highest BCUT2D eigenvalue weighted by molar-refractivity contribution is 5.76. The van der Waals surface area contributed by atoms with Crippen LogP contribution in [0.5, 0.6) is 0 Å². The lowest BCUT2D eigenvalue weighted by atomic mass is 9.99. The van der Waals surface area contributed by atoms with E-state index in [1.54, 1.807) is 0 Å². The van der Waals surface area contributed by atoms with E-state index in [1.165, 1.54) is 5.69 Å². The zero-order valence-electron chi connectivity index (χ0n) is 11.6. The van der Waals surface area contributed by atoms with Gasteiger partial charge in [0.15, 0.2) is 0 Å². The molecule has 2 rings (SSSR count). The SMILES string of the molecule is CN(CCCNC(=O)CC1CNC1)c1ccccc1. The van der Waals surface area contributed by atoms with Gasteiger partial charge in [-0.1, -0.05) is 18.2 Å². The van der Waals surface area contributed by atoms with Crippen LogP contribution < -0.4 is 15.5 Å². The fraction of sp³-hybridized carbons (Fsp3) is 0.533. The Balaban J connectivity index is 1.57. The molecule has 104 valence electrons. The molecule has 1 amide bonds. The van der Waals surface area contributed by atoms with Crippen LogP contribution in [0.25, 0.3) is 0 Å². The summed E-state index contributed by atoms with van der Waals surface area (Å²) in [6.07, 6.45) is 1.64. The number of rotatable bonds is 7. The first-order chi connectivity index (χ1) is 9.25. The van der Waals surface area contributed by atoms with Crippen LogP contribution in [-0.4, -0.2) is 39.1 Å². The van der Waals surface area contributed by atoms with Crippen LogP contribution >= 0.6 is 0 Å². The summed E-state index contributed by atoms with van der Waals surface area (Å²) in [6, 6.07) is 10.3. The Kier molecular flexibility index (Phi) is 5.21. The highest BCUT2D eigenvalue weighted by Gasteiger charge is 2.19. The van der Waals surface area contributed by atoms with Crippen molar-refractivity contribution in [3.05, 3.63) is 30.3 Å². The largest absolute Gasteiger partial charge is 0.375 e. The Labute approximate surface area is 115 Å². The van der Waals surface area contributed by atoms with E-state index in [9.17, 15) is 4.79 Å². The molecule has 1 heterocycles. The lowest BCUT2D eigenvalue weighted by molar-refractivity contribution is -0.122. The van der Waals surface area contributed by atoms with Crippen LogP contribution in [0, 0.1) is 5.92 Å². The summed E-state index contributed by atoms with van der Waals surface area (Å²) < 4.78 is 0. The molecule has 0 aliphatic carbocycles. The van der Waals surface area contributed by atoms with Gasteiger partial charge >= 0.3 is 0 Å². The van der Waals surface area contributed by atoms with E-state index >= 15 is 0 Å². The maximum absolute atomic E-state index is 11.6. The molecule has 0 spiro atoms. The van der Waals surface area contributed by atoms with Gasteiger partial charge in [-0.05, 0) is 37.6 Å². The number of amides is 1. The Morgan fingerprint density at radius 2 is 2.11 bits per heavy atom. The molecule has 0 bridgehead atoms. The fourth-order valence-corrected chi connectivity index (χ4v) is 2.18. The van der Waals surface area contributed by atoms with Crippen LogP contribution in [0.3, 0.4) is 0 Å². The van der Waals surface area contributed by atoms with Gasteiger partial charge in [-0.2, -0.15) is 0 Å². The van der Waals surface area contributed by atoms with Gasteiger partial charge in [-0.15, -0.1) is 0 Å². The Hall–Kier alpha value is -1.55. The van der Waals surface area contributed by atoms with Crippen molar-refractivity contribution >= 4 is 11.6 Å². The van der Waals surface area contributed by atoms with E-state index in [1.807, 2.05) is 18.2 Å². The molecule has 1 saturated heterocycles. The van der Waals surface area contributed by atoms with Crippen LogP contribution in [-0.2, 0) is 4.79 Å². The predicted molar refractivity (Wildman–Crippen MR) is 78.3 cm³/mol. The van der Waals surface area contributed by atoms with Crippen LogP contribution in [0.15, 0.2) is 30.3 Å². The van der Waals surface area contributed by atoms with E-state index in [0.29, 0.717) is 12.3 Å². The number of hydrogen-bond acceptors (Lipinski definition) is 3. The van der Waals surface area contributed by atoms with Gasteiger partial charge in [-0.3, -0.25) is 4.79 Å². The molecule has 0 aromatic heterocycles. The Morgan fingerprint density at radius 3 is 2.74 bits per heavy atom. The van der Waals surface area contributed by atoms with Crippen molar-refractivity contribution in [2.24, 2.45) is 5.92 Å². The third-order valence-electron chi connectivity index (χ3n) is 3.53. The molecule has 0 atom stereocenters. The number of carbonyl (C=O) groups is 1. The third kappa shape index (κ3) is 4.56. The highest BCUT2D eigenvalue weighted by atomic mass is 16.1. The molecule has 0 unspecified atom stereocenters. The number of nitrogens with one attached hydrogen (secondary N) is 2. The van der Waals surface area contributed by atoms with Gasteiger partial charge in [-0.25, -0.2) is 0 Å². The summed E-state index contributed by atoms with van der Waals surface area (Å²) in [4.78, 5) is 13.8. The minimum atomic E-state index is 0.189. The quantitative estimate of drug-likeness (QED) is 0.726. The molecule has 1 aliphatic rings. The number of nitrogens with zero attached hydrogens (tertiary/aromatic N) is 1. The first-order valence-corrected chi connectivity index (χ1v) is 6.99. The molecule has 4 nitrogen and oxygen atoms in total. The second-order valence-electron chi connectivity index (χ2n) is 5.19. The van der Waals surface area contributed by atoms with Crippen molar-refractivity contribution in [2.75, 3.05) is 38.1 Å². The summed E-state index contributed by atoms with van der Waals surface area (Å²) >= 11 is 0. The van der Waals surface area contributed by atoms with Gasteiger partial charge in [0.05, 0.1) is 0 Å². The minimum absolute atomic E-state index is 0.189. The number of hydrogen-bond donors (Lipinski definition) is 2. The smallest absolute Gasteiger partial charge is 0.220 e. The standard InChI is InChI=1S/C15H23N3O/c1-18(14-6-3-2-4-7-14)9-5-8-17-15(19)10-13-11-16-12-13/h2-4,6-7,13,16H,5,8-12H2,1H3,(H,17,19). The summed E-state index contributed by atoms with van der Waals surface area (Å²) in [5, 5.41) is 6.18. The number of anilines is 1. The minimum Gasteiger partial charge on any atom is -0.375 e. The second-order valence-corrected chi connectivity index (χ2v) is 5.19. The van der Waals surface area contributed by atoms with Crippen LogP contribution in [0.2, 0.25) is 0 Å². The summed E-state index contributed by atoms with van der Waals surface area (Å²) in [5.41, 5.74) is 1.22. The van der Waals surface area contributed by atoms with Crippen molar-refractivity contribution in [3.63, 3.8) is 0 Å². The lowest BCUT2D eigenvalue weighted by Crippen LogP contribution is -2.44. The van der Waals surface area contributed by atoms with Gasteiger partial charge in [0.25, 0.3) is 0 Å². The molecule has 1 aliphatic heterocycles. The van der Waals surface area contributed by atoms with Crippen LogP contribution in [0.1, 0.15) is 12.8 Å². The molecule has 0 saturated carbocycles. The summed E-state index contributed by atoms with van der Waals surface area (Å²) in [5.74, 6) is 0.737. The third-order valence-corrected chi connectivity index (χ3v) is 3.53. The van der Waals surface area contributed by atoms with E-state index in [4.69, 9.17) is 0 Å². The Morgan fingerprint density at radius 1 is 1.37 bits per heavy atom. The predicted octanol–water partition coefficient (Wildman–Crippen LogP) is 1.24. The Bertz CT molecular complexity index is 390. The van der Waals surface area contributed by atoms with Gasteiger partial charge in [0.2, 0.25) is 5.91 Å². The zero-order valence-corrected chi connectivity index (χ0v) is 11.6. The van der Waals surface area contributed by atoms with Crippen LogP contribution in [0.4, 0.5) is 5.69 Å². The highest BCUT2D eigenvalue weighted by Crippen LogP contribution is 2.11. The number of benzene rings is 1. The molecule has 0 radical (unpaired) electrons. The number of carbonyl (C=O) groups excluding carboxylic acids is 1. The molecule has 4 heteroatoms. The monoisotopic (exact) mass is 261 g/mol. The average Bonchev–Trinajstić information content (AvgIpc) is 2.40. The molecular formula is C15H23N3O. The van der Waals surface area contributed by atoms with Crippen molar-refractivity contribution in [2.45, 2.75) is 12.8 Å². The fourth-order valence-electron chi connectivity index (χ4n) is 2.18. The van der Waals surface area contributed by atoms with E-state index in [2.05, 4.69) is 34.7 Å². The first kappa shape index (κ1) is 13.9. The molecule has 1 aromatic rings. The molecule has 1 aromatic carbocycles. The van der Waals surface area contributed by atoms with E-state index in [-0.39, 0.29) is 5.91 Å². The number of para-hydroxylation sites is 1.